The van der Waals surface area contributed by atoms with Gasteiger partial charge in [-0.3, -0.25) is 0 Å². The average Bonchev–Trinajstić information content (AvgIpc) is 4.11. The molecule has 69 heavy (non-hydrogen) atoms. The highest BCUT2D eigenvalue weighted by Crippen LogP contribution is 2.46. The summed E-state index contributed by atoms with van der Waals surface area (Å²) < 4.78 is 16.2. The maximum absolute atomic E-state index is 7.01. The number of fused-ring (bicyclic) bond motifs is 9. The molecule has 0 radical (unpaired) electrons. The summed E-state index contributed by atoms with van der Waals surface area (Å²) in [7, 11) is 0. The van der Waals surface area contributed by atoms with Crippen LogP contribution in [0.2, 0.25) is 0 Å². The maximum Gasteiger partial charge on any atom is 0.164 e. The SMILES string of the molecule is c1ccc(-c2ccc3c(c2)c2ccccc2n3-c2cc(-c3cccc4c3oc3cccc(-c5cccc(-c6nc(-c7ccccc7)nc(-c7ccccc7)n6)c5)c34)c3oc4ccccc4c3c2)cc1. The lowest BCUT2D eigenvalue weighted by atomic mass is 9.95. The van der Waals surface area contributed by atoms with Gasteiger partial charge in [-0.15, -0.1) is 0 Å². The molecular formula is C63H38N4O2. The second kappa shape index (κ2) is 15.6. The quantitative estimate of drug-likeness (QED) is 0.159. The summed E-state index contributed by atoms with van der Waals surface area (Å²) in [6, 6.07) is 80.4. The van der Waals surface area contributed by atoms with E-state index in [1.807, 2.05) is 66.7 Å². The van der Waals surface area contributed by atoms with Gasteiger partial charge in [0.25, 0.3) is 0 Å². The first kappa shape index (κ1) is 38.8. The van der Waals surface area contributed by atoms with Gasteiger partial charge in [-0.05, 0) is 70.8 Å². The van der Waals surface area contributed by atoms with E-state index in [0.29, 0.717) is 17.5 Å². The third-order valence-electron chi connectivity index (χ3n) is 13.4. The van der Waals surface area contributed by atoms with E-state index in [1.54, 1.807) is 0 Å². The minimum absolute atomic E-state index is 0.602. The summed E-state index contributed by atoms with van der Waals surface area (Å²) in [5.41, 5.74) is 15.7. The van der Waals surface area contributed by atoms with Crippen LogP contribution in [0.15, 0.2) is 239 Å². The first-order chi connectivity index (χ1) is 34.2. The van der Waals surface area contributed by atoms with Crippen molar-refractivity contribution in [3.63, 3.8) is 0 Å². The van der Waals surface area contributed by atoms with Crippen molar-refractivity contribution < 1.29 is 8.83 Å². The largest absolute Gasteiger partial charge is 0.455 e. The Morgan fingerprint density at radius 3 is 1.59 bits per heavy atom. The van der Waals surface area contributed by atoms with Crippen LogP contribution in [0.25, 0.3) is 139 Å². The molecule has 0 saturated carbocycles. The van der Waals surface area contributed by atoms with Gasteiger partial charge >= 0.3 is 0 Å². The number of furan rings is 2. The van der Waals surface area contributed by atoms with Crippen molar-refractivity contribution in [1.82, 2.24) is 19.5 Å². The predicted molar refractivity (Wildman–Crippen MR) is 281 cm³/mol. The minimum atomic E-state index is 0.602. The lowest BCUT2D eigenvalue weighted by Crippen LogP contribution is -2.00. The van der Waals surface area contributed by atoms with Crippen molar-refractivity contribution in [3.8, 4) is 73.2 Å². The van der Waals surface area contributed by atoms with Crippen molar-refractivity contribution in [2.75, 3.05) is 0 Å². The molecule has 0 aliphatic heterocycles. The Morgan fingerprint density at radius 2 is 0.826 bits per heavy atom. The molecule has 0 saturated heterocycles. The zero-order valence-electron chi connectivity index (χ0n) is 37.0. The van der Waals surface area contributed by atoms with Crippen LogP contribution in [0.4, 0.5) is 0 Å². The van der Waals surface area contributed by atoms with Crippen molar-refractivity contribution in [2.45, 2.75) is 0 Å². The molecule has 0 aliphatic rings. The lowest BCUT2D eigenvalue weighted by molar-refractivity contribution is 0.665. The molecule has 14 rings (SSSR count). The maximum atomic E-state index is 7.01. The van der Waals surface area contributed by atoms with Gasteiger partial charge in [0.1, 0.15) is 22.3 Å². The van der Waals surface area contributed by atoms with Crippen LogP contribution in [-0.4, -0.2) is 19.5 Å². The van der Waals surface area contributed by atoms with Crippen molar-refractivity contribution in [2.24, 2.45) is 0 Å². The summed E-state index contributed by atoms with van der Waals surface area (Å²) in [5.74, 6) is 1.85. The summed E-state index contributed by atoms with van der Waals surface area (Å²) in [6.07, 6.45) is 0. The van der Waals surface area contributed by atoms with Crippen LogP contribution in [0.5, 0.6) is 0 Å². The highest BCUT2D eigenvalue weighted by atomic mass is 16.3. The number of aromatic nitrogens is 4. The molecule has 4 heterocycles. The normalized spacial score (nSPS) is 11.8. The second-order valence-electron chi connectivity index (χ2n) is 17.5. The Morgan fingerprint density at radius 1 is 0.290 bits per heavy atom. The molecule has 0 atom stereocenters. The molecule has 0 aliphatic carbocycles. The molecule has 0 amide bonds. The molecule has 0 bridgehead atoms. The van der Waals surface area contributed by atoms with Crippen LogP contribution in [0, 0.1) is 0 Å². The van der Waals surface area contributed by atoms with E-state index in [1.165, 1.54) is 21.9 Å². The third-order valence-corrected chi connectivity index (χ3v) is 13.4. The average molecular weight is 883 g/mol. The number of hydrogen-bond donors (Lipinski definition) is 0. The van der Waals surface area contributed by atoms with Crippen molar-refractivity contribution in [1.29, 1.82) is 0 Å². The second-order valence-corrected chi connectivity index (χ2v) is 17.5. The molecule has 0 fully saturated rings. The van der Waals surface area contributed by atoms with Crippen molar-refractivity contribution in [3.05, 3.63) is 231 Å². The molecule has 322 valence electrons. The monoisotopic (exact) mass is 882 g/mol. The molecule has 0 spiro atoms. The van der Waals surface area contributed by atoms with Crippen LogP contribution in [0.1, 0.15) is 0 Å². The Hall–Kier alpha value is -9.39. The Labute approximate surface area is 396 Å². The zero-order valence-corrected chi connectivity index (χ0v) is 37.0. The zero-order chi connectivity index (χ0) is 45.4. The number of rotatable bonds is 7. The first-order valence-corrected chi connectivity index (χ1v) is 23.2. The number of para-hydroxylation sites is 3. The number of nitrogens with zero attached hydrogens (tertiary/aromatic N) is 4. The van der Waals surface area contributed by atoms with E-state index in [-0.39, 0.29) is 0 Å². The third kappa shape index (κ3) is 6.38. The molecule has 0 N–H and O–H groups in total. The molecule has 10 aromatic carbocycles. The molecular weight excluding hydrogens is 845 g/mol. The molecule has 0 unspecified atom stereocenters. The van der Waals surface area contributed by atoms with Gasteiger partial charge in [0.2, 0.25) is 0 Å². The highest BCUT2D eigenvalue weighted by Gasteiger charge is 2.23. The van der Waals surface area contributed by atoms with Crippen LogP contribution >= 0.6 is 0 Å². The van der Waals surface area contributed by atoms with Gasteiger partial charge in [-0.2, -0.15) is 0 Å². The molecule has 6 heteroatoms. The van der Waals surface area contributed by atoms with E-state index in [4.69, 9.17) is 23.8 Å². The Kier molecular flexibility index (Phi) is 8.79. The fourth-order valence-electron chi connectivity index (χ4n) is 10.3. The van der Waals surface area contributed by atoms with Gasteiger partial charge in [-0.25, -0.2) is 15.0 Å². The first-order valence-electron chi connectivity index (χ1n) is 23.2. The van der Waals surface area contributed by atoms with Crippen LogP contribution in [-0.2, 0) is 0 Å². The van der Waals surface area contributed by atoms with Gasteiger partial charge in [0.05, 0.1) is 11.0 Å². The van der Waals surface area contributed by atoms with E-state index in [9.17, 15) is 0 Å². The van der Waals surface area contributed by atoms with Gasteiger partial charge in [-0.1, -0.05) is 182 Å². The van der Waals surface area contributed by atoms with E-state index in [0.717, 1.165) is 99.5 Å². The number of benzene rings is 10. The highest BCUT2D eigenvalue weighted by molar-refractivity contribution is 6.19. The fraction of sp³-hybridized carbons (Fsp3) is 0. The van der Waals surface area contributed by atoms with Crippen LogP contribution in [0.3, 0.4) is 0 Å². The van der Waals surface area contributed by atoms with E-state index >= 15 is 0 Å². The van der Waals surface area contributed by atoms with Crippen molar-refractivity contribution >= 4 is 65.7 Å². The number of hydrogen-bond acceptors (Lipinski definition) is 5. The van der Waals surface area contributed by atoms with E-state index < -0.39 is 0 Å². The van der Waals surface area contributed by atoms with Crippen LogP contribution < -0.4 is 0 Å². The topological polar surface area (TPSA) is 69.9 Å². The fourth-order valence-corrected chi connectivity index (χ4v) is 10.3. The van der Waals surface area contributed by atoms with E-state index in [2.05, 4.69) is 168 Å². The van der Waals surface area contributed by atoms with Gasteiger partial charge in [0, 0.05) is 65.8 Å². The Bertz CT molecular complexity index is 4250. The summed E-state index contributed by atoms with van der Waals surface area (Å²) in [4.78, 5) is 15.0. The summed E-state index contributed by atoms with van der Waals surface area (Å²) in [5, 5.41) is 6.55. The summed E-state index contributed by atoms with van der Waals surface area (Å²) in [6.45, 7) is 0. The smallest absolute Gasteiger partial charge is 0.164 e. The standard InChI is InChI=1S/C63H38N4O2/c1-4-17-39(18-5-1)42-33-34-55-51(36-42)47-25-10-12-30-54(47)67(55)45-37-52-48-26-11-13-31-56(48)68-60(52)53(38-45)49-28-15-29-50-58-46(27-16-32-57(58)69-59(49)50)43-23-14-24-44(35-43)63-65-61(40-19-6-2-7-20-40)64-62(66-63)41-21-8-3-9-22-41/h1-38H. The predicted octanol–water partition coefficient (Wildman–Crippen LogP) is 16.8. The minimum Gasteiger partial charge on any atom is -0.455 e. The summed E-state index contributed by atoms with van der Waals surface area (Å²) >= 11 is 0. The molecule has 6 nitrogen and oxygen atoms in total. The van der Waals surface area contributed by atoms with Gasteiger partial charge < -0.3 is 13.4 Å². The molecule has 14 aromatic rings. The lowest BCUT2D eigenvalue weighted by Gasteiger charge is -2.12. The van der Waals surface area contributed by atoms with Gasteiger partial charge in [0.15, 0.2) is 17.5 Å². The molecule has 4 aromatic heterocycles. The Balaban J connectivity index is 0.953.